The number of hydrogen-bond acceptors (Lipinski definition) is 9. The van der Waals surface area contributed by atoms with Crippen LogP contribution >= 0.6 is 23.1 Å². The molecule has 1 aromatic carbocycles. The molecule has 2 N–H and O–H groups in total. The van der Waals surface area contributed by atoms with E-state index in [0.29, 0.717) is 48.7 Å². The van der Waals surface area contributed by atoms with Crippen LogP contribution in [0.25, 0.3) is 21.5 Å². The van der Waals surface area contributed by atoms with Crippen LogP contribution in [0.2, 0.25) is 0 Å². The lowest BCUT2D eigenvalue weighted by atomic mass is 10.1. The molecule has 0 saturated carbocycles. The molecule has 3 aromatic rings. The number of carbonyl (C=O) groups excluding carboxylic acids is 1. The lowest BCUT2D eigenvalue weighted by Gasteiger charge is -2.13. The summed E-state index contributed by atoms with van der Waals surface area (Å²) in [5.74, 6) is 0.648. The van der Waals surface area contributed by atoms with E-state index in [1.807, 2.05) is 18.4 Å². The number of aromatic nitrogens is 2. The topological polar surface area (TPSA) is 96.6 Å². The van der Waals surface area contributed by atoms with E-state index in [1.54, 1.807) is 27.2 Å². The van der Waals surface area contributed by atoms with Gasteiger partial charge in [0.05, 0.1) is 37.6 Å². The maximum Gasteiger partial charge on any atom is 0.350 e. The number of nitrogens with zero attached hydrogens (tertiary/aromatic N) is 2. The number of anilines is 1. The first-order valence-electron chi connectivity index (χ1n) is 8.08. The second kappa shape index (κ2) is 8.01. The number of benzene rings is 1. The van der Waals surface area contributed by atoms with Gasteiger partial charge in [-0.2, -0.15) is 0 Å². The molecule has 0 spiro atoms. The molecule has 7 nitrogen and oxygen atoms in total. The number of carbonyl (C=O) groups is 1. The van der Waals surface area contributed by atoms with Crippen molar-refractivity contribution in [3.8, 4) is 22.8 Å². The Labute approximate surface area is 164 Å². The minimum Gasteiger partial charge on any atom is -0.493 e. The summed E-state index contributed by atoms with van der Waals surface area (Å²) in [6, 6.07) is 5.52. The number of rotatable bonds is 6. The van der Waals surface area contributed by atoms with Crippen molar-refractivity contribution in [3.63, 3.8) is 0 Å². The zero-order valence-electron chi connectivity index (χ0n) is 15.4. The zero-order valence-corrected chi connectivity index (χ0v) is 17.0. The van der Waals surface area contributed by atoms with Crippen molar-refractivity contribution in [2.75, 3.05) is 32.8 Å². The third-order valence-electron chi connectivity index (χ3n) is 3.87. The molecule has 0 atom stereocenters. The van der Waals surface area contributed by atoms with Crippen LogP contribution in [0.4, 0.5) is 5.69 Å². The Bertz CT molecular complexity index is 1000. The first kappa shape index (κ1) is 19.2. The van der Waals surface area contributed by atoms with E-state index in [1.165, 1.54) is 23.1 Å². The van der Waals surface area contributed by atoms with Crippen LogP contribution < -0.4 is 15.2 Å². The first-order valence-corrected chi connectivity index (χ1v) is 10.1. The number of nitrogen functional groups attached to an aromatic ring is 1. The lowest BCUT2D eigenvalue weighted by molar-refractivity contribution is 0.0533. The van der Waals surface area contributed by atoms with Gasteiger partial charge in [-0.3, -0.25) is 0 Å². The fourth-order valence-electron chi connectivity index (χ4n) is 2.71. The van der Waals surface area contributed by atoms with Gasteiger partial charge in [0.2, 0.25) is 0 Å². The highest BCUT2D eigenvalue weighted by Crippen LogP contribution is 2.44. The highest BCUT2D eigenvalue weighted by molar-refractivity contribution is 7.98. The quantitative estimate of drug-likeness (QED) is 0.375. The van der Waals surface area contributed by atoms with E-state index < -0.39 is 5.97 Å². The van der Waals surface area contributed by atoms with Gasteiger partial charge in [0, 0.05) is 5.56 Å². The van der Waals surface area contributed by atoms with Crippen molar-refractivity contribution in [2.45, 2.75) is 12.1 Å². The van der Waals surface area contributed by atoms with Crippen molar-refractivity contribution in [1.29, 1.82) is 0 Å². The SMILES string of the molecule is CCOC(=O)c1sc2nc(SC)nc(-c3cccc(OC)c3OC)c2c1N. The molecular formula is C18H19N3O4S2. The van der Waals surface area contributed by atoms with Crippen LogP contribution in [0.1, 0.15) is 16.6 Å². The van der Waals surface area contributed by atoms with Crippen molar-refractivity contribution < 1.29 is 19.0 Å². The van der Waals surface area contributed by atoms with Crippen molar-refractivity contribution in [2.24, 2.45) is 0 Å². The Balaban J connectivity index is 2.34. The molecule has 9 heteroatoms. The first-order chi connectivity index (χ1) is 13.0. The fourth-order valence-corrected chi connectivity index (χ4v) is 4.12. The lowest BCUT2D eigenvalue weighted by Crippen LogP contribution is -2.05. The van der Waals surface area contributed by atoms with Gasteiger partial charge in [0.15, 0.2) is 16.7 Å². The number of esters is 1. The van der Waals surface area contributed by atoms with Gasteiger partial charge in [0.1, 0.15) is 9.71 Å². The van der Waals surface area contributed by atoms with E-state index in [9.17, 15) is 4.79 Å². The van der Waals surface area contributed by atoms with Gasteiger partial charge in [-0.1, -0.05) is 17.8 Å². The summed E-state index contributed by atoms with van der Waals surface area (Å²) in [6.45, 7) is 2.02. The Morgan fingerprint density at radius 1 is 1.26 bits per heavy atom. The van der Waals surface area contributed by atoms with Crippen molar-refractivity contribution in [3.05, 3.63) is 23.1 Å². The molecule has 0 fully saturated rings. The zero-order chi connectivity index (χ0) is 19.6. The normalized spacial score (nSPS) is 10.8. The Hall–Kier alpha value is -2.52. The average Bonchev–Trinajstić information content (AvgIpc) is 3.03. The number of para-hydroxylation sites is 1. The molecule has 0 aliphatic rings. The molecule has 27 heavy (non-hydrogen) atoms. The van der Waals surface area contributed by atoms with E-state index in [2.05, 4.69) is 9.97 Å². The fraction of sp³-hybridized carbons (Fsp3) is 0.278. The maximum atomic E-state index is 12.3. The monoisotopic (exact) mass is 405 g/mol. The van der Waals surface area contributed by atoms with Gasteiger partial charge in [0.25, 0.3) is 0 Å². The summed E-state index contributed by atoms with van der Waals surface area (Å²) in [5.41, 5.74) is 7.91. The predicted octanol–water partition coefficient (Wildman–Crippen LogP) is 3.86. The molecule has 0 bridgehead atoms. The molecule has 0 saturated heterocycles. The number of ether oxygens (including phenoxy) is 3. The van der Waals surface area contributed by atoms with Crippen LogP contribution in [0.5, 0.6) is 11.5 Å². The summed E-state index contributed by atoms with van der Waals surface area (Å²) in [7, 11) is 3.14. The largest absolute Gasteiger partial charge is 0.493 e. The number of fused-ring (bicyclic) bond motifs is 1. The number of hydrogen-bond donors (Lipinski definition) is 1. The van der Waals surface area contributed by atoms with E-state index in [-0.39, 0.29) is 6.61 Å². The molecule has 2 heterocycles. The highest BCUT2D eigenvalue weighted by atomic mass is 32.2. The summed E-state index contributed by atoms with van der Waals surface area (Å²) < 4.78 is 16.1. The second-order valence-electron chi connectivity index (χ2n) is 5.35. The standard InChI is InChI=1S/C18H19N3O4S2/c1-5-25-17(22)15-12(19)11-13(20-18(26-4)21-16(11)27-15)9-7-6-8-10(23-2)14(9)24-3/h6-8H,5,19H2,1-4H3. The summed E-state index contributed by atoms with van der Waals surface area (Å²) >= 11 is 2.60. The van der Waals surface area contributed by atoms with Gasteiger partial charge >= 0.3 is 5.97 Å². The van der Waals surface area contributed by atoms with Crippen LogP contribution in [0.15, 0.2) is 23.4 Å². The van der Waals surface area contributed by atoms with Gasteiger partial charge < -0.3 is 19.9 Å². The van der Waals surface area contributed by atoms with E-state index >= 15 is 0 Å². The van der Waals surface area contributed by atoms with E-state index in [4.69, 9.17) is 19.9 Å². The van der Waals surface area contributed by atoms with Crippen LogP contribution in [0, 0.1) is 0 Å². The van der Waals surface area contributed by atoms with Crippen molar-refractivity contribution >= 4 is 45.0 Å². The minimum absolute atomic E-state index is 0.269. The Kier molecular flexibility index (Phi) is 5.71. The van der Waals surface area contributed by atoms with Crippen LogP contribution in [-0.2, 0) is 4.74 Å². The number of methoxy groups -OCH3 is 2. The molecule has 0 radical (unpaired) electrons. The number of thioether (sulfide) groups is 1. The van der Waals surface area contributed by atoms with Gasteiger partial charge in [-0.25, -0.2) is 14.8 Å². The van der Waals surface area contributed by atoms with Crippen LogP contribution in [0.3, 0.4) is 0 Å². The summed E-state index contributed by atoms with van der Waals surface area (Å²) in [6.07, 6.45) is 1.89. The van der Waals surface area contributed by atoms with Crippen molar-refractivity contribution in [1.82, 2.24) is 9.97 Å². The average molecular weight is 406 g/mol. The minimum atomic E-state index is -0.466. The maximum absolute atomic E-state index is 12.3. The molecule has 0 unspecified atom stereocenters. The third kappa shape index (κ3) is 3.40. The second-order valence-corrected chi connectivity index (χ2v) is 7.12. The van der Waals surface area contributed by atoms with Crippen LogP contribution in [-0.4, -0.2) is 43.0 Å². The Morgan fingerprint density at radius 3 is 2.67 bits per heavy atom. The van der Waals surface area contributed by atoms with Gasteiger partial charge in [-0.05, 0) is 25.3 Å². The molecule has 0 aliphatic carbocycles. The number of nitrogens with two attached hydrogens (primary N) is 1. The smallest absolute Gasteiger partial charge is 0.350 e. The molecular weight excluding hydrogens is 386 g/mol. The molecule has 142 valence electrons. The van der Waals surface area contributed by atoms with E-state index in [0.717, 1.165) is 0 Å². The highest BCUT2D eigenvalue weighted by Gasteiger charge is 2.25. The third-order valence-corrected chi connectivity index (χ3v) is 5.50. The molecule has 2 aromatic heterocycles. The Morgan fingerprint density at radius 2 is 2.04 bits per heavy atom. The summed E-state index contributed by atoms with van der Waals surface area (Å²) in [5, 5.41) is 1.17. The van der Waals surface area contributed by atoms with Gasteiger partial charge in [-0.15, -0.1) is 11.3 Å². The molecule has 3 rings (SSSR count). The number of thiophene rings is 1. The summed E-state index contributed by atoms with van der Waals surface area (Å²) in [4.78, 5) is 22.4. The molecule has 0 amide bonds. The predicted molar refractivity (Wildman–Crippen MR) is 108 cm³/mol. The molecule has 0 aliphatic heterocycles.